The van der Waals surface area contributed by atoms with Crippen molar-refractivity contribution in [2.75, 3.05) is 32.8 Å². The van der Waals surface area contributed by atoms with Crippen LogP contribution in [0.25, 0.3) is 0 Å². The van der Waals surface area contributed by atoms with Crippen LogP contribution in [-0.4, -0.2) is 55.5 Å². The molecule has 0 saturated carbocycles. The summed E-state index contributed by atoms with van der Waals surface area (Å²) in [6, 6.07) is 0. The highest BCUT2D eigenvalue weighted by Gasteiger charge is 2.31. The quantitative estimate of drug-likeness (QED) is 0.786. The third-order valence-electron chi connectivity index (χ3n) is 3.67. The third-order valence-corrected chi connectivity index (χ3v) is 3.67. The average molecular weight is 270 g/mol. The number of hydrogen-bond acceptors (Lipinski definition) is 4. The van der Waals surface area contributed by atoms with E-state index in [4.69, 9.17) is 9.47 Å². The van der Waals surface area contributed by atoms with E-state index < -0.39 is 5.60 Å². The predicted molar refractivity (Wildman–Crippen MR) is 73.1 cm³/mol. The normalized spacial score (nSPS) is 26.3. The molecule has 0 aromatic heterocycles. The molecule has 0 bridgehead atoms. The van der Waals surface area contributed by atoms with Crippen molar-refractivity contribution in [1.82, 2.24) is 10.2 Å². The van der Waals surface area contributed by atoms with Gasteiger partial charge in [0, 0.05) is 26.2 Å². The second-order valence-electron chi connectivity index (χ2n) is 6.42. The number of carbonyl (C=O) groups excluding carboxylic acids is 1. The van der Waals surface area contributed by atoms with Gasteiger partial charge in [-0.3, -0.25) is 0 Å². The molecule has 2 saturated heterocycles. The number of amides is 1. The van der Waals surface area contributed by atoms with Crippen LogP contribution >= 0.6 is 0 Å². The van der Waals surface area contributed by atoms with E-state index in [1.165, 1.54) is 0 Å². The minimum atomic E-state index is -0.412. The Bertz CT molecular complexity index is 300. The second kappa shape index (κ2) is 6.09. The van der Waals surface area contributed by atoms with E-state index in [1.807, 2.05) is 25.7 Å². The highest BCUT2D eigenvalue weighted by molar-refractivity contribution is 5.68. The average Bonchev–Trinajstić information content (AvgIpc) is 2.38. The van der Waals surface area contributed by atoms with E-state index in [2.05, 4.69) is 5.32 Å². The summed E-state index contributed by atoms with van der Waals surface area (Å²) in [5.41, 5.74) is -0.412. The number of piperidine rings is 1. The van der Waals surface area contributed by atoms with Crippen LogP contribution in [0.5, 0.6) is 0 Å². The summed E-state index contributed by atoms with van der Waals surface area (Å²) in [6.07, 6.45) is 2.14. The largest absolute Gasteiger partial charge is 0.444 e. The van der Waals surface area contributed by atoms with Crippen LogP contribution in [0.3, 0.4) is 0 Å². The number of likely N-dealkylation sites (tertiary alicyclic amines) is 1. The first-order valence-corrected chi connectivity index (χ1v) is 7.26. The number of rotatable bonds is 1. The summed E-state index contributed by atoms with van der Waals surface area (Å²) in [4.78, 5) is 13.8. The van der Waals surface area contributed by atoms with Crippen molar-refractivity contribution in [2.24, 2.45) is 5.92 Å². The smallest absolute Gasteiger partial charge is 0.410 e. The standard InChI is InChI=1S/C14H26N2O3/c1-14(2,3)19-13(17)16-7-4-11(5-8-16)12-10-15-6-9-18-12/h11-12,15H,4-10H2,1-3H3/t12-/m1/s1. The van der Waals surface area contributed by atoms with Gasteiger partial charge >= 0.3 is 6.09 Å². The van der Waals surface area contributed by atoms with Gasteiger partial charge in [-0.2, -0.15) is 0 Å². The van der Waals surface area contributed by atoms with E-state index in [1.54, 1.807) is 0 Å². The lowest BCUT2D eigenvalue weighted by Gasteiger charge is -2.38. The Morgan fingerprint density at radius 1 is 1.32 bits per heavy atom. The van der Waals surface area contributed by atoms with Gasteiger partial charge in [0.05, 0.1) is 12.7 Å². The molecule has 0 radical (unpaired) electrons. The molecule has 0 aliphatic carbocycles. The van der Waals surface area contributed by atoms with Gasteiger partial charge in [-0.15, -0.1) is 0 Å². The minimum Gasteiger partial charge on any atom is -0.444 e. The fraction of sp³-hybridized carbons (Fsp3) is 0.929. The number of carbonyl (C=O) groups is 1. The molecule has 0 spiro atoms. The Labute approximate surface area is 115 Å². The van der Waals surface area contributed by atoms with Gasteiger partial charge in [-0.1, -0.05) is 0 Å². The van der Waals surface area contributed by atoms with Crippen LogP contribution in [0.1, 0.15) is 33.6 Å². The molecule has 0 aromatic rings. The fourth-order valence-electron chi connectivity index (χ4n) is 2.67. The van der Waals surface area contributed by atoms with Crippen molar-refractivity contribution in [3.05, 3.63) is 0 Å². The molecular formula is C14H26N2O3. The summed E-state index contributed by atoms with van der Waals surface area (Å²) in [5, 5.41) is 3.37. The Kier molecular flexibility index (Phi) is 4.68. The maximum atomic E-state index is 12.0. The van der Waals surface area contributed by atoms with Gasteiger partial charge in [0.2, 0.25) is 0 Å². The molecule has 5 heteroatoms. The van der Waals surface area contributed by atoms with Crippen molar-refractivity contribution >= 4 is 6.09 Å². The van der Waals surface area contributed by atoms with Crippen LogP contribution in [0, 0.1) is 5.92 Å². The molecule has 2 rings (SSSR count). The zero-order valence-electron chi connectivity index (χ0n) is 12.3. The molecular weight excluding hydrogens is 244 g/mol. The second-order valence-corrected chi connectivity index (χ2v) is 6.42. The monoisotopic (exact) mass is 270 g/mol. The number of morpholine rings is 1. The number of nitrogens with one attached hydrogen (secondary N) is 1. The van der Waals surface area contributed by atoms with E-state index in [0.29, 0.717) is 12.0 Å². The van der Waals surface area contributed by atoms with Gasteiger partial charge in [0.1, 0.15) is 5.60 Å². The molecule has 110 valence electrons. The maximum absolute atomic E-state index is 12.0. The van der Waals surface area contributed by atoms with Gasteiger partial charge in [0.15, 0.2) is 0 Å². The Hall–Kier alpha value is -0.810. The summed E-state index contributed by atoms with van der Waals surface area (Å²) in [5.74, 6) is 0.562. The lowest BCUT2D eigenvalue weighted by atomic mass is 9.91. The minimum absolute atomic E-state index is 0.186. The van der Waals surface area contributed by atoms with E-state index in [-0.39, 0.29) is 6.09 Å². The zero-order valence-corrected chi connectivity index (χ0v) is 12.3. The van der Waals surface area contributed by atoms with Crippen molar-refractivity contribution in [3.63, 3.8) is 0 Å². The highest BCUT2D eigenvalue weighted by atomic mass is 16.6. The van der Waals surface area contributed by atoms with Crippen LogP contribution in [-0.2, 0) is 9.47 Å². The van der Waals surface area contributed by atoms with Gasteiger partial charge in [0.25, 0.3) is 0 Å². The van der Waals surface area contributed by atoms with Crippen molar-refractivity contribution in [3.8, 4) is 0 Å². The lowest BCUT2D eigenvalue weighted by Crippen LogP contribution is -2.48. The lowest BCUT2D eigenvalue weighted by molar-refractivity contribution is -0.0318. The Morgan fingerprint density at radius 3 is 2.53 bits per heavy atom. The Morgan fingerprint density at radius 2 is 2.00 bits per heavy atom. The molecule has 2 aliphatic rings. The topological polar surface area (TPSA) is 50.8 Å². The van der Waals surface area contributed by atoms with Crippen molar-refractivity contribution in [1.29, 1.82) is 0 Å². The van der Waals surface area contributed by atoms with E-state index in [9.17, 15) is 4.79 Å². The first-order valence-electron chi connectivity index (χ1n) is 7.26. The Balaban J connectivity index is 1.77. The third kappa shape index (κ3) is 4.35. The number of nitrogens with zero attached hydrogens (tertiary/aromatic N) is 1. The van der Waals surface area contributed by atoms with Crippen LogP contribution in [0.15, 0.2) is 0 Å². The zero-order chi connectivity index (χ0) is 13.9. The van der Waals surface area contributed by atoms with Crippen LogP contribution in [0.4, 0.5) is 4.79 Å². The fourth-order valence-corrected chi connectivity index (χ4v) is 2.67. The molecule has 1 atom stereocenters. The molecule has 1 amide bonds. The first kappa shape index (κ1) is 14.6. The summed E-state index contributed by atoms with van der Waals surface area (Å²) < 4.78 is 11.2. The van der Waals surface area contributed by atoms with E-state index >= 15 is 0 Å². The summed E-state index contributed by atoms with van der Waals surface area (Å²) >= 11 is 0. The molecule has 2 fully saturated rings. The number of hydrogen-bond donors (Lipinski definition) is 1. The summed E-state index contributed by atoms with van der Waals surface area (Å²) in [6.45, 7) is 9.96. The highest BCUT2D eigenvalue weighted by Crippen LogP contribution is 2.24. The van der Waals surface area contributed by atoms with Crippen molar-refractivity contribution in [2.45, 2.75) is 45.3 Å². The van der Waals surface area contributed by atoms with Crippen LogP contribution in [0.2, 0.25) is 0 Å². The molecule has 5 nitrogen and oxygen atoms in total. The van der Waals surface area contributed by atoms with E-state index in [0.717, 1.165) is 45.6 Å². The number of ether oxygens (including phenoxy) is 2. The molecule has 2 heterocycles. The molecule has 0 aromatic carbocycles. The maximum Gasteiger partial charge on any atom is 0.410 e. The van der Waals surface area contributed by atoms with Crippen molar-refractivity contribution < 1.29 is 14.3 Å². The molecule has 2 aliphatic heterocycles. The van der Waals surface area contributed by atoms with Crippen LogP contribution < -0.4 is 5.32 Å². The summed E-state index contributed by atoms with van der Waals surface area (Å²) in [7, 11) is 0. The molecule has 19 heavy (non-hydrogen) atoms. The van der Waals surface area contributed by atoms with Gasteiger partial charge < -0.3 is 19.7 Å². The SMILES string of the molecule is CC(C)(C)OC(=O)N1CCC([C@H]2CNCCO2)CC1. The first-order chi connectivity index (χ1) is 8.96. The predicted octanol–water partition coefficient (Wildman–Crippen LogP) is 1.62. The van der Waals surface area contributed by atoms with Gasteiger partial charge in [-0.25, -0.2) is 4.79 Å². The van der Waals surface area contributed by atoms with Gasteiger partial charge in [-0.05, 0) is 39.5 Å². The molecule has 1 N–H and O–H groups in total. The molecule has 0 unspecified atom stereocenters.